The molecule has 0 unspecified atom stereocenters. The molecule has 0 saturated carbocycles. The van der Waals surface area contributed by atoms with Crippen LogP contribution in [0.4, 0.5) is 0 Å². The fourth-order valence-electron chi connectivity index (χ4n) is 0. The Hall–Kier alpha value is 1.25. The van der Waals surface area contributed by atoms with Crippen molar-refractivity contribution in [2.24, 2.45) is 0 Å². The van der Waals surface area contributed by atoms with Crippen molar-refractivity contribution in [3.63, 3.8) is 0 Å². The summed E-state index contributed by atoms with van der Waals surface area (Å²) in [5.74, 6) is 0. The quantitative estimate of drug-likeness (QED) is 0.426. The van der Waals surface area contributed by atoms with Crippen LogP contribution in [0.5, 0.6) is 0 Å². The Morgan fingerprint density at radius 2 is 1.33 bits per heavy atom. The molecular formula is C2H7Cl2OTi-. The third kappa shape index (κ3) is 60.4. The molecule has 0 aliphatic heterocycles. The topological polar surface area (TPSA) is 20.2 Å². The Morgan fingerprint density at radius 1 is 1.33 bits per heavy atom. The molecule has 0 rings (SSSR count). The second kappa shape index (κ2) is 34.0. The first-order chi connectivity index (χ1) is 2.41. The summed E-state index contributed by atoms with van der Waals surface area (Å²) in [7, 11) is 10.8. The zero-order valence-corrected chi connectivity index (χ0v) is 6.78. The van der Waals surface area contributed by atoms with Crippen LogP contribution in [-0.4, -0.2) is 12.2 Å². The van der Waals surface area contributed by atoms with Gasteiger partial charge in [0.15, 0.2) is 0 Å². The van der Waals surface area contributed by atoms with E-state index in [9.17, 15) is 0 Å². The summed E-state index contributed by atoms with van der Waals surface area (Å²) in [6.45, 7) is 0. The molecular weight excluding hydrogens is 159 g/mol. The van der Waals surface area contributed by atoms with Gasteiger partial charge in [-0.3, -0.25) is 0 Å². The van der Waals surface area contributed by atoms with Gasteiger partial charge in [0.05, 0.1) is 0 Å². The number of rotatable bonds is 0. The molecule has 6 heavy (non-hydrogen) atoms. The summed E-state index contributed by atoms with van der Waals surface area (Å²) in [5.41, 5.74) is 0. The Morgan fingerprint density at radius 3 is 1.33 bits per heavy atom. The van der Waals surface area contributed by atoms with Gasteiger partial charge in [-0.15, -0.1) is 0 Å². The summed E-state index contributed by atoms with van der Waals surface area (Å²) in [4.78, 5) is 0. The predicted molar refractivity (Wildman–Crippen MR) is 26.3 cm³/mol. The minimum absolute atomic E-state index is 0. The van der Waals surface area contributed by atoms with Crippen molar-refractivity contribution in [2.45, 2.75) is 0 Å². The molecule has 0 amide bonds. The third-order valence-corrected chi connectivity index (χ3v) is 0. The summed E-state index contributed by atoms with van der Waals surface area (Å²) in [6.07, 6.45) is 0. The summed E-state index contributed by atoms with van der Waals surface area (Å²) >= 11 is -0.556. The Bertz CT molecular complexity index is 11.5. The van der Waals surface area contributed by atoms with Crippen LogP contribution in [0.1, 0.15) is 0 Å². The van der Waals surface area contributed by atoms with Crippen LogP contribution in [-0.2, 0) is 17.0 Å². The number of hydrogen-bond donors (Lipinski definition) is 1. The monoisotopic (exact) mass is 165 g/mol. The second-order valence-electron chi connectivity index (χ2n) is 0.0714. The van der Waals surface area contributed by atoms with Gasteiger partial charge >= 0.3 is 35.6 Å². The molecule has 0 radical (unpaired) electrons. The summed E-state index contributed by atoms with van der Waals surface area (Å²) < 4.78 is 0. The Labute approximate surface area is 55.3 Å². The van der Waals surface area contributed by atoms with Gasteiger partial charge in [0.25, 0.3) is 0 Å². The number of halogens is 2. The van der Waals surface area contributed by atoms with Gasteiger partial charge < -0.3 is 12.5 Å². The molecule has 0 spiro atoms. The molecule has 0 saturated heterocycles. The van der Waals surface area contributed by atoms with Crippen molar-refractivity contribution in [2.75, 3.05) is 7.11 Å². The molecule has 40 valence electrons. The number of aliphatic hydroxyl groups excluding tert-OH is 1. The fraction of sp³-hybridized carbons (Fsp3) is 0.500. The predicted octanol–water partition coefficient (Wildman–Crippen LogP) is 1.44. The van der Waals surface area contributed by atoms with E-state index in [1.807, 2.05) is 0 Å². The van der Waals surface area contributed by atoms with E-state index in [1.165, 1.54) is 0 Å². The van der Waals surface area contributed by atoms with Crippen LogP contribution < -0.4 is 0 Å². The van der Waals surface area contributed by atoms with E-state index in [4.69, 9.17) is 23.7 Å². The van der Waals surface area contributed by atoms with Crippen molar-refractivity contribution in [1.29, 1.82) is 0 Å². The van der Waals surface area contributed by atoms with Crippen LogP contribution in [0.3, 0.4) is 0 Å². The maximum atomic E-state index is 7.00. The first-order valence-corrected chi connectivity index (χ1v) is 5.12. The van der Waals surface area contributed by atoms with Crippen LogP contribution >= 0.6 is 18.6 Å². The molecule has 0 aromatic heterocycles. The third-order valence-electron chi connectivity index (χ3n) is 0. The second-order valence-corrected chi connectivity index (χ2v) is 2.65. The Kier molecular flexibility index (Phi) is 88.8. The van der Waals surface area contributed by atoms with E-state index in [1.54, 1.807) is 0 Å². The van der Waals surface area contributed by atoms with Gasteiger partial charge in [0.2, 0.25) is 0 Å². The average Bonchev–Trinajstić information content (AvgIpc) is 1.46. The van der Waals surface area contributed by atoms with Gasteiger partial charge in [0.1, 0.15) is 0 Å². The van der Waals surface area contributed by atoms with Gasteiger partial charge in [-0.2, -0.15) is 0 Å². The van der Waals surface area contributed by atoms with E-state index in [0.29, 0.717) is 0 Å². The van der Waals surface area contributed by atoms with Crippen LogP contribution in [0.2, 0.25) is 0 Å². The first kappa shape index (κ1) is 15.7. The van der Waals surface area contributed by atoms with Gasteiger partial charge in [-0.05, 0) is 0 Å². The Balaban J connectivity index is -0.0000000275. The zero-order valence-electron chi connectivity index (χ0n) is 3.70. The van der Waals surface area contributed by atoms with Crippen LogP contribution in [0.25, 0.3) is 0 Å². The molecule has 0 aromatic carbocycles. The molecule has 1 nitrogen and oxygen atoms in total. The molecule has 0 fully saturated rings. The molecule has 0 heterocycles. The van der Waals surface area contributed by atoms with Gasteiger partial charge in [-0.25, -0.2) is 0 Å². The zero-order chi connectivity index (χ0) is 4.71. The number of aliphatic hydroxyl groups is 1. The SMILES string of the molecule is CO.[CH3-].[Cl][Ti][Cl]. The van der Waals surface area contributed by atoms with E-state index in [0.717, 1.165) is 7.11 Å². The van der Waals surface area contributed by atoms with Crippen molar-refractivity contribution < 1.29 is 22.1 Å². The fourth-order valence-corrected chi connectivity index (χ4v) is 0. The first-order valence-electron chi connectivity index (χ1n) is 0.825. The van der Waals surface area contributed by atoms with Crippen LogP contribution in [0.15, 0.2) is 0 Å². The summed E-state index contributed by atoms with van der Waals surface area (Å²) in [6, 6.07) is 0. The molecule has 1 N–H and O–H groups in total. The summed E-state index contributed by atoms with van der Waals surface area (Å²) in [5, 5.41) is 7.00. The number of hydrogen-bond acceptors (Lipinski definition) is 1. The van der Waals surface area contributed by atoms with Crippen molar-refractivity contribution in [3.8, 4) is 0 Å². The van der Waals surface area contributed by atoms with Crippen molar-refractivity contribution in [3.05, 3.63) is 7.43 Å². The van der Waals surface area contributed by atoms with E-state index in [2.05, 4.69) is 0 Å². The normalized spacial score (nSPS) is 3.33. The standard InChI is InChI=1S/CH4O.CH3.2ClH.Ti/c1-2;;;;/h2H,1H3;1H3;2*1H;/q;-1;;;+2/p-2. The van der Waals surface area contributed by atoms with E-state index in [-0.39, 0.29) is 7.43 Å². The van der Waals surface area contributed by atoms with Crippen molar-refractivity contribution >= 4 is 18.6 Å². The average molecular weight is 166 g/mol. The van der Waals surface area contributed by atoms with Crippen LogP contribution in [0, 0.1) is 7.43 Å². The van der Waals surface area contributed by atoms with Gasteiger partial charge in [-0.1, -0.05) is 0 Å². The minimum atomic E-state index is -0.556. The molecule has 0 aliphatic rings. The maximum absolute atomic E-state index is 7.00. The van der Waals surface area contributed by atoms with E-state index >= 15 is 0 Å². The van der Waals surface area contributed by atoms with E-state index < -0.39 is 17.0 Å². The molecule has 0 aliphatic carbocycles. The van der Waals surface area contributed by atoms with Gasteiger partial charge in [0, 0.05) is 7.11 Å². The molecule has 0 aromatic rings. The molecule has 0 bridgehead atoms. The van der Waals surface area contributed by atoms with Crippen molar-refractivity contribution in [1.82, 2.24) is 0 Å². The molecule has 0 atom stereocenters. The molecule has 4 heteroatoms.